The van der Waals surface area contributed by atoms with Crippen LogP contribution in [0.5, 0.6) is 0 Å². The van der Waals surface area contributed by atoms with Crippen molar-refractivity contribution in [2.24, 2.45) is 5.92 Å². The maximum absolute atomic E-state index is 12.2. The molecule has 1 aliphatic heterocycles. The van der Waals surface area contributed by atoms with Gasteiger partial charge in [0.1, 0.15) is 0 Å². The Morgan fingerprint density at radius 1 is 1.25 bits per heavy atom. The van der Waals surface area contributed by atoms with Gasteiger partial charge in [-0.3, -0.25) is 19.5 Å². The number of H-pyrrole nitrogens is 1. The summed E-state index contributed by atoms with van der Waals surface area (Å²) in [6.07, 6.45) is 4.43. The summed E-state index contributed by atoms with van der Waals surface area (Å²) in [7, 11) is 0. The molecule has 28 heavy (non-hydrogen) atoms. The number of nitrogens with one attached hydrogen (secondary N) is 2. The summed E-state index contributed by atoms with van der Waals surface area (Å²) < 4.78 is 2.08. The second-order valence-corrected chi connectivity index (χ2v) is 9.29. The molecule has 0 saturated heterocycles. The molecule has 1 aliphatic carbocycles. The Bertz CT molecular complexity index is 824. The average Bonchev–Trinajstić information content (AvgIpc) is 3.38. The molecule has 2 aromatic heterocycles. The van der Waals surface area contributed by atoms with Crippen molar-refractivity contribution in [1.82, 2.24) is 30.2 Å². The summed E-state index contributed by atoms with van der Waals surface area (Å²) in [4.78, 5) is 14.6. The number of carbonyl (C=O) groups is 1. The Hall–Kier alpha value is -2.15. The van der Waals surface area contributed by atoms with Crippen LogP contribution in [-0.2, 0) is 36.4 Å². The van der Waals surface area contributed by atoms with Gasteiger partial charge in [0.15, 0.2) is 0 Å². The number of amides is 1. The average molecular weight is 385 g/mol. The third kappa shape index (κ3) is 4.29. The lowest BCUT2D eigenvalue weighted by atomic mass is 9.92. The monoisotopic (exact) mass is 384 g/mol. The van der Waals surface area contributed by atoms with Gasteiger partial charge < -0.3 is 5.32 Å². The zero-order chi connectivity index (χ0) is 19.7. The number of rotatable bonds is 5. The van der Waals surface area contributed by atoms with Crippen LogP contribution >= 0.6 is 0 Å². The SMILES string of the molecule is CC(C)(C)c1cc(CN2CCn3nc(CNC(=O)C4CCCC4)cc3C2)[nH]n1. The Kier molecular flexibility index (Phi) is 5.27. The first-order valence-electron chi connectivity index (χ1n) is 10.5. The van der Waals surface area contributed by atoms with E-state index < -0.39 is 0 Å². The summed E-state index contributed by atoms with van der Waals surface area (Å²) in [5, 5.41) is 15.4. The maximum atomic E-state index is 12.2. The van der Waals surface area contributed by atoms with Crippen LogP contribution in [-0.4, -0.2) is 37.3 Å². The predicted octanol–water partition coefficient (Wildman–Crippen LogP) is 2.73. The van der Waals surface area contributed by atoms with Gasteiger partial charge in [-0.25, -0.2) is 0 Å². The second kappa shape index (κ2) is 7.70. The number of hydrogen-bond acceptors (Lipinski definition) is 4. The first-order chi connectivity index (χ1) is 13.4. The lowest BCUT2D eigenvalue weighted by Gasteiger charge is -2.26. The van der Waals surface area contributed by atoms with Crippen molar-refractivity contribution < 1.29 is 4.79 Å². The fourth-order valence-electron chi connectivity index (χ4n) is 4.18. The lowest BCUT2D eigenvalue weighted by Crippen LogP contribution is -2.33. The van der Waals surface area contributed by atoms with Gasteiger partial charge >= 0.3 is 0 Å². The number of carbonyl (C=O) groups excluding carboxylic acids is 1. The number of hydrogen-bond donors (Lipinski definition) is 2. The third-order valence-corrected chi connectivity index (χ3v) is 5.89. The summed E-state index contributed by atoms with van der Waals surface area (Å²) in [6.45, 7) is 10.6. The van der Waals surface area contributed by atoms with Gasteiger partial charge in [-0.2, -0.15) is 10.2 Å². The summed E-state index contributed by atoms with van der Waals surface area (Å²) in [5.74, 6) is 0.402. The zero-order valence-electron chi connectivity index (χ0n) is 17.3. The van der Waals surface area contributed by atoms with E-state index in [0.29, 0.717) is 6.54 Å². The van der Waals surface area contributed by atoms with Gasteiger partial charge in [0, 0.05) is 36.7 Å². The van der Waals surface area contributed by atoms with Crippen LogP contribution < -0.4 is 5.32 Å². The lowest BCUT2D eigenvalue weighted by molar-refractivity contribution is -0.124. The molecule has 0 unspecified atom stereocenters. The molecular formula is C21H32N6O. The van der Waals surface area contributed by atoms with Gasteiger partial charge in [-0.05, 0) is 25.0 Å². The van der Waals surface area contributed by atoms with Crippen LogP contribution in [0.15, 0.2) is 12.1 Å². The van der Waals surface area contributed by atoms with Gasteiger partial charge in [0.2, 0.25) is 5.91 Å². The molecule has 2 aliphatic rings. The molecule has 0 atom stereocenters. The highest BCUT2D eigenvalue weighted by atomic mass is 16.1. The van der Waals surface area contributed by atoms with Crippen LogP contribution in [0.3, 0.4) is 0 Å². The van der Waals surface area contributed by atoms with Crippen molar-refractivity contribution in [3.8, 4) is 0 Å². The normalized spacial score (nSPS) is 18.4. The van der Waals surface area contributed by atoms with E-state index in [-0.39, 0.29) is 17.2 Å². The fraction of sp³-hybridized carbons (Fsp3) is 0.667. The van der Waals surface area contributed by atoms with Gasteiger partial charge in [0.05, 0.1) is 30.2 Å². The quantitative estimate of drug-likeness (QED) is 0.831. The molecule has 7 heteroatoms. The van der Waals surface area contributed by atoms with Crippen LogP contribution in [0.25, 0.3) is 0 Å². The van der Waals surface area contributed by atoms with Crippen LogP contribution in [0, 0.1) is 5.92 Å². The summed E-state index contributed by atoms with van der Waals surface area (Å²) in [6, 6.07) is 4.31. The van der Waals surface area contributed by atoms with Gasteiger partial charge in [-0.15, -0.1) is 0 Å². The Morgan fingerprint density at radius 3 is 2.75 bits per heavy atom. The minimum absolute atomic E-state index is 0.0626. The Morgan fingerprint density at radius 2 is 2.04 bits per heavy atom. The number of aromatic nitrogens is 4. The smallest absolute Gasteiger partial charge is 0.223 e. The first kappa shape index (κ1) is 19.2. The maximum Gasteiger partial charge on any atom is 0.223 e. The minimum Gasteiger partial charge on any atom is -0.350 e. The molecule has 0 radical (unpaired) electrons. The molecule has 2 N–H and O–H groups in total. The van der Waals surface area contributed by atoms with Gasteiger partial charge in [0.25, 0.3) is 0 Å². The third-order valence-electron chi connectivity index (χ3n) is 5.89. The molecule has 0 aromatic carbocycles. The molecule has 152 valence electrons. The van der Waals surface area contributed by atoms with Gasteiger partial charge in [-0.1, -0.05) is 33.6 Å². The van der Waals surface area contributed by atoms with E-state index in [1.54, 1.807) is 0 Å². The second-order valence-electron chi connectivity index (χ2n) is 9.29. The van der Waals surface area contributed by atoms with Crippen molar-refractivity contribution in [3.05, 3.63) is 34.9 Å². The molecule has 2 aromatic rings. The highest BCUT2D eigenvalue weighted by molar-refractivity contribution is 5.78. The van der Waals surface area contributed by atoms with Crippen LogP contribution in [0.2, 0.25) is 0 Å². The van der Waals surface area contributed by atoms with Crippen LogP contribution in [0.4, 0.5) is 0 Å². The molecule has 0 spiro atoms. The van der Waals surface area contributed by atoms with E-state index >= 15 is 0 Å². The number of fused-ring (bicyclic) bond motifs is 1. The molecule has 0 bridgehead atoms. The summed E-state index contributed by atoms with van der Waals surface area (Å²) >= 11 is 0. The number of nitrogens with zero attached hydrogens (tertiary/aromatic N) is 4. The molecule has 3 heterocycles. The van der Waals surface area contributed by atoms with E-state index in [9.17, 15) is 4.79 Å². The predicted molar refractivity (Wildman–Crippen MR) is 107 cm³/mol. The molecule has 1 fully saturated rings. The fourth-order valence-corrected chi connectivity index (χ4v) is 4.18. The van der Waals surface area contributed by atoms with E-state index in [2.05, 4.69) is 63.1 Å². The van der Waals surface area contributed by atoms with E-state index in [1.807, 2.05) is 0 Å². The number of aromatic amines is 1. The Balaban J connectivity index is 1.32. The van der Waals surface area contributed by atoms with Crippen molar-refractivity contribution in [2.45, 2.75) is 78.0 Å². The minimum atomic E-state index is 0.0626. The van der Waals surface area contributed by atoms with E-state index in [1.165, 1.54) is 18.5 Å². The van der Waals surface area contributed by atoms with Crippen molar-refractivity contribution in [3.63, 3.8) is 0 Å². The summed E-state index contributed by atoms with van der Waals surface area (Å²) in [5.41, 5.74) is 4.49. The zero-order valence-corrected chi connectivity index (χ0v) is 17.3. The molecular weight excluding hydrogens is 352 g/mol. The topological polar surface area (TPSA) is 78.8 Å². The molecule has 7 nitrogen and oxygen atoms in total. The van der Waals surface area contributed by atoms with Crippen LogP contribution in [0.1, 0.15) is 69.2 Å². The highest BCUT2D eigenvalue weighted by Crippen LogP contribution is 2.25. The molecule has 4 rings (SSSR count). The van der Waals surface area contributed by atoms with Crippen molar-refractivity contribution >= 4 is 5.91 Å². The standard InChI is InChI=1S/C21H32N6O/c1-21(2,3)19-11-17(23-24-19)13-26-8-9-27-18(14-26)10-16(25-27)12-22-20(28)15-6-4-5-7-15/h10-11,15H,4-9,12-14H2,1-3H3,(H,22,28)(H,23,24). The van der Waals surface area contributed by atoms with E-state index in [4.69, 9.17) is 0 Å². The van der Waals surface area contributed by atoms with Crippen molar-refractivity contribution in [1.29, 1.82) is 0 Å². The van der Waals surface area contributed by atoms with Crippen molar-refractivity contribution in [2.75, 3.05) is 6.54 Å². The molecule has 1 amide bonds. The largest absolute Gasteiger partial charge is 0.350 e. The Labute approximate surface area is 166 Å². The highest BCUT2D eigenvalue weighted by Gasteiger charge is 2.24. The first-order valence-corrected chi connectivity index (χ1v) is 10.5. The molecule has 1 saturated carbocycles. The van der Waals surface area contributed by atoms with E-state index in [0.717, 1.165) is 56.1 Å².